The lowest BCUT2D eigenvalue weighted by molar-refractivity contribution is 0.248. The second kappa shape index (κ2) is 11.4. The molecule has 0 saturated carbocycles. The molecule has 0 aliphatic carbocycles. The average Bonchev–Trinajstić information content (AvgIpc) is 2.45. The van der Waals surface area contributed by atoms with Crippen molar-refractivity contribution in [2.75, 3.05) is 31.1 Å². The molecule has 4 nitrogen and oxygen atoms in total. The zero-order chi connectivity index (χ0) is 14.8. The smallest absolute Gasteiger partial charge is 0.319 e. The number of halogens is 1. The molecule has 0 spiro atoms. The molecule has 0 heterocycles. The first-order valence-electron chi connectivity index (χ1n) is 7.53. The van der Waals surface area contributed by atoms with E-state index in [9.17, 15) is 4.79 Å². The van der Waals surface area contributed by atoms with Crippen LogP contribution in [0.5, 0.6) is 0 Å². The van der Waals surface area contributed by atoms with Crippen molar-refractivity contribution in [3.8, 4) is 0 Å². The van der Waals surface area contributed by atoms with Crippen molar-refractivity contribution in [3.63, 3.8) is 0 Å². The third-order valence-corrected chi connectivity index (χ3v) is 3.34. The van der Waals surface area contributed by atoms with E-state index in [2.05, 4.69) is 18.7 Å². The molecule has 0 radical (unpaired) electrons. The monoisotopic (exact) mass is 313 g/mol. The van der Waals surface area contributed by atoms with E-state index in [-0.39, 0.29) is 18.4 Å². The van der Waals surface area contributed by atoms with Gasteiger partial charge in [0.05, 0.1) is 0 Å². The van der Waals surface area contributed by atoms with Gasteiger partial charge in [0.15, 0.2) is 0 Å². The van der Waals surface area contributed by atoms with Crippen LogP contribution in [-0.4, -0.2) is 37.1 Å². The molecule has 0 unspecified atom stereocenters. The van der Waals surface area contributed by atoms with Crippen molar-refractivity contribution in [2.45, 2.75) is 33.1 Å². The number of hydrogen-bond donors (Lipinski definition) is 1. The minimum absolute atomic E-state index is 0. The Morgan fingerprint density at radius 3 is 2.19 bits per heavy atom. The Morgan fingerprint density at radius 1 is 1.00 bits per heavy atom. The summed E-state index contributed by atoms with van der Waals surface area (Å²) in [5.41, 5.74) is 6.37. The van der Waals surface area contributed by atoms with Crippen LogP contribution >= 0.6 is 12.4 Å². The quantitative estimate of drug-likeness (QED) is 0.758. The van der Waals surface area contributed by atoms with Crippen LogP contribution in [0.1, 0.15) is 33.1 Å². The van der Waals surface area contributed by atoms with Crippen LogP contribution in [0.3, 0.4) is 0 Å². The number of para-hydroxylation sites is 1. The molecule has 2 N–H and O–H groups in total. The van der Waals surface area contributed by atoms with Gasteiger partial charge in [-0.05, 0) is 38.1 Å². The SMILES string of the molecule is CCCCN(CCC)CCN(C(N)=O)c1ccccc1.Cl. The average molecular weight is 314 g/mol. The fourth-order valence-corrected chi connectivity index (χ4v) is 2.25. The van der Waals surface area contributed by atoms with Gasteiger partial charge in [-0.15, -0.1) is 12.4 Å². The summed E-state index contributed by atoms with van der Waals surface area (Å²) in [5.74, 6) is 0. The van der Waals surface area contributed by atoms with Crippen LogP contribution in [0, 0.1) is 0 Å². The van der Waals surface area contributed by atoms with Crippen LogP contribution in [-0.2, 0) is 0 Å². The number of nitrogens with zero attached hydrogens (tertiary/aromatic N) is 2. The Kier molecular flexibility index (Phi) is 10.7. The summed E-state index contributed by atoms with van der Waals surface area (Å²) >= 11 is 0. The van der Waals surface area contributed by atoms with E-state index in [4.69, 9.17) is 5.73 Å². The minimum Gasteiger partial charge on any atom is -0.351 e. The van der Waals surface area contributed by atoms with Gasteiger partial charge in [0.25, 0.3) is 0 Å². The molecular formula is C16H28ClN3O. The number of rotatable bonds is 9. The van der Waals surface area contributed by atoms with Gasteiger partial charge in [0.2, 0.25) is 0 Å². The fraction of sp³-hybridized carbons (Fsp3) is 0.562. The van der Waals surface area contributed by atoms with E-state index < -0.39 is 0 Å². The lowest BCUT2D eigenvalue weighted by Crippen LogP contribution is -2.42. The molecule has 21 heavy (non-hydrogen) atoms. The van der Waals surface area contributed by atoms with Crippen molar-refractivity contribution in [2.24, 2.45) is 5.73 Å². The highest BCUT2D eigenvalue weighted by Crippen LogP contribution is 2.12. The van der Waals surface area contributed by atoms with E-state index in [1.54, 1.807) is 4.90 Å². The molecule has 120 valence electrons. The zero-order valence-corrected chi connectivity index (χ0v) is 13.9. The Labute approximate surface area is 134 Å². The van der Waals surface area contributed by atoms with Crippen LogP contribution in [0.2, 0.25) is 0 Å². The molecule has 0 fully saturated rings. The summed E-state index contributed by atoms with van der Waals surface area (Å²) in [5, 5.41) is 0. The van der Waals surface area contributed by atoms with Gasteiger partial charge >= 0.3 is 6.03 Å². The number of nitrogens with two attached hydrogens (primary N) is 1. The van der Waals surface area contributed by atoms with Crippen molar-refractivity contribution in [3.05, 3.63) is 30.3 Å². The third-order valence-electron chi connectivity index (χ3n) is 3.34. The topological polar surface area (TPSA) is 49.6 Å². The summed E-state index contributed by atoms with van der Waals surface area (Å²) in [4.78, 5) is 15.7. The van der Waals surface area contributed by atoms with Gasteiger partial charge in [0.1, 0.15) is 0 Å². The van der Waals surface area contributed by atoms with Crippen LogP contribution < -0.4 is 10.6 Å². The number of anilines is 1. The highest BCUT2D eigenvalue weighted by molar-refractivity contribution is 5.90. The molecule has 1 aromatic rings. The predicted octanol–water partition coefficient (Wildman–Crippen LogP) is 3.51. The molecule has 5 heteroatoms. The molecule has 0 bridgehead atoms. The molecule has 1 rings (SSSR count). The molecule has 0 aliphatic heterocycles. The number of primary amides is 1. The molecular weight excluding hydrogens is 286 g/mol. The van der Waals surface area contributed by atoms with E-state index in [1.165, 1.54) is 12.8 Å². The van der Waals surface area contributed by atoms with Gasteiger partial charge in [-0.2, -0.15) is 0 Å². The normalized spacial score (nSPS) is 10.2. The van der Waals surface area contributed by atoms with Crippen molar-refractivity contribution in [1.82, 2.24) is 4.90 Å². The van der Waals surface area contributed by atoms with Gasteiger partial charge in [0, 0.05) is 18.8 Å². The number of unbranched alkanes of at least 4 members (excludes halogenated alkanes) is 1. The number of carbonyl (C=O) groups excluding carboxylic acids is 1. The number of hydrogen-bond acceptors (Lipinski definition) is 2. The van der Waals surface area contributed by atoms with E-state index in [0.29, 0.717) is 6.54 Å². The van der Waals surface area contributed by atoms with Crippen molar-refractivity contribution >= 4 is 24.1 Å². The lowest BCUT2D eigenvalue weighted by atomic mass is 10.2. The molecule has 0 saturated heterocycles. The maximum Gasteiger partial charge on any atom is 0.319 e. The van der Waals surface area contributed by atoms with Crippen LogP contribution in [0.15, 0.2) is 30.3 Å². The van der Waals surface area contributed by atoms with E-state index in [0.717, 1.165) is 31.7 Å². The number of benzene rings is 1. The Bertz CT molecular complexity index is 386. The number of urea groups is 1. The number of carbonyl (C=O) groups is 1. The van der Waals surface area contributed by atoms with Crippen LogP contribution in [0.25, 0.3) is 0 Å². The Morgan fingerprint density at radius 2 is 1.67 bits per heavy atom. The summed E-state index contributed by atoms with van der Waals surface area (Å²) in [6, 6.07) is 9.23. The predicted molar refractivity (Wildman–Crippen MR) is 92.3 cm³/mol. The molecule has 0 aliphatic rings. The largest absolute Gasteiger partial charge is 0.351 e. The summed E-state index contributed by atoms with van der Waals surface area (Å²) in [6.07, 6.45) is 3.52. The Hall–Kier alpha value is -1.26. The first-order valence-corrected chi connectivity index (χ1v) is 7.53. The lowest BCUT2D eigenvalue weighted by Gasteiger charge is -2.26. The second-order valence-electron chi connectivity index (χ2n) is 5.02. The van der Waals surface area contributed by atoms with Gasteiger partial charge in [-0.3, -0.25) is 4.90 Å². The second-order valence-corrected chi connectivity index (χ2v) is 5.02. The summed E-state index contributed by atoms with van der Waals surface area (Å²) in [7, 11) is 0. The first kappa shape index (κ1) is 19.7. The van der Waals surface area contributed by atoms with Crippen molar-refractivity contribution in [1.29, 1.82) is 0 Å². The van der Waals surface area contributed by atoms with Gasteiger partial charge < -0.3 is 10.6 Å². The number of amides is 2. The third kappa shape index (κ3) is 7.34. The van der Waals surface area contributed by atoms with Crippen molar-refractivity contribution < 1.29 is 4.79 Å². The first-order chi connectivity index (χ1) is 9.69. The summed E-state index contributed by atoms with van der Waals surface area (Å²) < 4.78 is 0. The molecule has 0 aromatic heterocycles. The maximum atomic E-state index is 11.6. The fourth-order valence-electron chi connectivity index (χ4n) is 2.25. The van der Waals surface area contributed by atoms with E-state index >= 15 is 0 Å². The summed E-state index contributed by atoms with van der Waals surface area (Å²) in [6.45, 7) is 8.05. The zero-order valence-electron chi connectivity index (χ0n) is 13.1. The van der Waals surface area contributed by atoms with Gasteiger partial charge in [-0.1, -0.05) is 38.5 Å². The van der Waals surface area contributed by atoms with Gasteiger partial charge in [-0.25, -0.2) is 4.79 Å². The molecule has 0 atom stereocenters. The highest BCUT2D eigenvalue weighted by atomic mass is 35.5. The molecule has 2 amide bonds. The maximum absolute atomic E-state index is 11.6. The van der Waals surface area contributed by atoms with Crippen LogP contribution in [0.4, 0.5) is 10.5 Å². The standard InChI is InChI=1S/C16H27N3O.ClH/c1-3-5-12-18(11-4-2)13-14-19(16(17)20)15-9-7-6-8-10-15;/h6-10H,3-5,11-14H2,1-2H3,(H2,17,20);1H. The minimum atomic E-state index is -0.386. The Balaban J connectivity index is 0.00000400. The van der Waals surface area contributed by atoms with E-state index in [1.807, 2.05) is 30.3 Å². The molecule has 1 aromatic carbocycles. The highest BCUT2D eigenvalue weighted by Gasteiger charge is 2.13.